The van der Waals surface area contributed by atoms with Crippen LogP contribution in [0.1, 0.15) is 32.6 Å². The lowest BCUT2D eigenvalue weighted by molar-refractivity contribution is -0.137. The van der Waals surface area contributed by atoms with Crippen LogP contribution in [0.3, 0.4) is 0 Å². The van der Waals surface area contributed by atoms with Crippen molar-refractivity contribution in [3.8, 4) is 0 Å². The van der Waals surface area contributed by atoms with Crippen molar-refractivity contribution in [2.75, 3.05) is 27.3 Å². The van der Waals surface area contributed by atoms with Gasteiger partial charge in [-0.25, -0.2) is 4.79 Å². The molecule has 0 aliphatic carbocycles. The van der Waals surface area contributed by atoms with Gasteiger partial charge in [-0.1, -0.05) is 13.3 Å². The van der Waals surface area contributed by atoms with E-state index < -0.39 is 5.97 Å². The third-order valence-corrected chi connectivity index (χ3v) is 2.56. The van der Waals surface area contributed by atoms with Crippen molar-refractivity contribution in [1.82, 2.24) is 10.2 Å². The van der Waals surface area contributed by atoms with Crippen LogP contribution in [0.15, 0.2) is 0 Å². The fourth-order valence-corrected chi connectivity index (χ4v) is 1.60. The first-order valence-electron chi connectivity index (χ1n) is 6.23. The number of hydrogen-bond acceptors (Lipinski definition) is 3. The molecule has 0 heterocycles. The third kappa shape index (κ3) is 7.89. The van der Waals surface area contributed by atoms with Crippen LogP contribution in [0, 0.1) is 0 Å². The molecule has 0 aliphatic heterocycles. The maximum absolute atomic E-state index is 11.8. The van der Waals surface area contributed by atoms with Crippen molar-refractivity contribution in [3.05, 3.63) is 0 Å². The first-order chi connectivity index (χ1) is 8.51. The number of ether oxygens (including phenoxy) is 1. The number of methoxy groups -OCH3 is 1. The van der Waals surface area contributed by atoms with Crippen LogP contribution < -0.4 is 5.32 Å². The van der Waals surface area contributed by atoms with Crippen molar-refractivity contribution < 1.29 is 19.4 Å². The molecule has 0 aromatic carbocycles. The minimum Gasteiger partial charge on any atom is -0.481 e. The Morgan fingerprint density at radius 1 is 1.44 bits per heavy atom. The molecule has 0 radical (unpaired) electrons. The molecule has 6 nitrogen and oxygen atoms in total. The highest BCUT2D eigenvalue weighted by atomic mass is 16.5. The number of urea groups is 1. The highest BCUT2D eigenvalue weighted by Crippen LogP contribution is 2.00. The molecule has 0 spiro atoms. The predicted octanol–water partition coefficient (Wildman–Crippen LogP) is 1.31. The summed E-state index contributed by atoms with van der Waals surface area (Å²) < 4.78 is 5.04. The lowest BCUT2D eigenvalue weighted by Crippen LogP contribution is -2.45. The van der Waals surface area contributed by atoms with Crippen LogP contribution in [0.5, 0.6) is 0 Å². The summed E-state index contributed by atoms with van der Waals surface area (Å²) in [6.45, 7) is 2.97. The van der Waals surface area contributed by atoms with Gasteiger partial charge in [0.05, 0.1) is 12.6 Å². The first kappa shape index (κ1) is 16.7. The average molecular weight is 260 g/mol. The zero-order valence-corrected chi connectivity index (χ0v) is 11.4. The van der Waals surface area contributed by atoms with Gasteiger partial charge in [0, 0.05) is 27.1 Å². The Morgan fingerprint density at radius 3 is 2.61 bits per heavy atom. The second-order valence-corrected chi connectivity index (χ2v) is 4.31. The first-order valence-corrected chi connectivity index (χ1v) is 6.23. The van der Waals surface area contributed by atoms with Gasteiger partial charge in [-0.05, 0) is 12.8 Å². The molecule has 6 heteroatoms. The van der Waals surface area contributed by atoms with Crippen LogP contribution in [0.2, 0.25) is 0 Å². The number of rotatable bonds is 9. The van der Waals surface area contributed by atoms with Crippen LogP contribution in [-0.2, 0) is 9.53 Å². The fraction of sp³-hybridized carbons (Fsp3) is 0.833. The summed E-state index contributed by atoms with van der Waals surface area (Å²) in [5, 5.41) is 11.4. The molecule has 0 saturated carbocycles. The summed E-state index contributed by atoms with van der Waals surface area (Å²) in [6, 6.07) is -0.176. The molecule has 18 heavy (non-hydrogen) atoms. The normalized spacial score (nSPS) is 11.9. The molecular formula is C12H24N2O4. The van der Waals surface area contributed by atoms with Crippen molar-refractivity contribution >= 4 is 12.0 Å². The second kappa shape index (κ2) is 9.70. The number of amides is 2. The van der Waals surface area contributed by atoms with Gasteiger partial charge in [-0.15, -0.1) is 0 Å². The molecule has 0 rings (SSSR count). The fourth-order valence-electron chi connectivity index (χ4n) is 1.60. The topological polar surface area (TPSA) is 78.9 Å². The van der Waals surface area contributed by atoms with Crippen LogP contribution >= 0.6 is 0 Å². The summed E-state index contributed by atoms with van der Waals surface area (Å²) >= 11 is 0. The van der Waals surface area contributed by atoms with Gasteiger partial charge in [0.1, 0.15) is 0 Å². The van der Waals surface area contributed by atoms with Crippen molar-refractivity contribution in [3.63, 3.8) is 0 Å². The summed E-state index contributed by atoms with van der Waals surface area (Å²) in [5.74, 6) is -0.841. The van der Waals surface area contributed by atoms with E-state index in [4.69, 9.17) is 9.84 Å². The number of carbonyl (C=O) groups excluding carboxylic acids is 1. The van der Waals surface area contributed by atoms with Gasteiger partial charge < -0.3 is 20.1 Å². The zero-order chi connectivity index (χ0) is 14.0. The van der Waals surface area contributed by atoms with Gasteiger partial charge in [-0.3, -0.25) is 4.79 Å². The van der Waals surface area contributed by atoms with Gasteiger partial charge in [0.25, 0.3) is 0 Å². The Hall–Kier alpha value is -1.30. The van der Waals surface area contributed by atoms with Crippen LogP contribution in [0.4, 0.5) is 4.79 Å². The second-order valence-electron chi connectivity index (χ2n) is 4.31. The number of carboxylic acid groups (broad SMARTS) is 1. The largest absolute Gasteiger partial charge is 0.481 e. The molecule has 0 fully saturated rings. The molecule has 2 amide bonds. The van der Waals surface area contributed by atoms with E-state index in [2.05, 4.69) is 5.32 Å². The number of nitrogens with one attached hydrogen (secondary N) is 1. The SMILES string of the molecule is CCCC(COC)NC(=O)N(C)CCCC(=O)O. The van der Waals surface area contributed by atoms with Crippen molar-refractivity contribution in [2.24, 2.45) is 0 Å². The minimum absolute atomic E-state index is 0.00873. The smallest absolute Gasteiger partial charge is 0.317 e. The Bertz CT molecular complexity index is 252. The Labute approximate surface area is 108 Å². The minimum atomic E-state index is -0.841. The molecule has 0 aromatic rings. The standard InChI is InChI=1S/C12H24N2O4/c1-4-6-10(9-18-3)13-12(17)14(2)8-5-7-11(15)16/h10H,4-9H2,1-3H3,(H,13,17)(H,15,16). The van der Waals surface area contributed by atoms with Gasteiger partial charge in [0.2, 0.25) is 0 Å². The number of carbonyl (C=O) groups is 2. The van der Waals surface area contributed by atoms with Gasteiger partial charge in [-0.2, -0.15) is 0 Å². The maximum Gasteiger partial charge on any atom is 0.317 e. The van der Waals surface area contributed by atoms with E-state index in [1.54, 1.807) is 14.2 Å². The summed E-state index contributed by atoms with van der Waals surface area (Å²) in [7, 11) is 3.26. The maximum atomic E-state index is 11.8. The molecule has 0 aliphatic rings. The lowest BCUT2D eigenvalue weighted by Gasteiger charge is -2.22. The highest BCUT2D eigenvalue weighted by Gasteiger charge is 2.14. The number of nitrogens with zero attached hydrogens (tertiary/aromatic N) is 1. The van der Waals surface area contributed by atoms with E-state index in [-0.39, 0.29) is 18.5 Å². The Morgan fingerprint density at radius 2 is 2.11 bits per heavy atom. The Kier molecular flexibility index (Phi) is 9.00. The summed E-state index contributed by atoms with van der Waals surface area (Å²) in [4.78, 5) is 23.7. The zero-order valence-electron chi connectivity index (χ0n) is 11.4. The van der Waals surface area contributed by atoms with Crippen LogP contribution in [0.25, 0.3) is 0 Å². The quantitative estimate of drug-likeness (QED) is 0.655. The van der Waals surface area contributed by atoms with E-state index >= 15 is 0 Å². The predicted molar refractivity (Wildman–Crippen MR) is 68.6 cm³/mol. The average Bonchev–Trinajstić information content (AvgIpc) is 2.28. The lowest BCUT2D eigenvalue weighted by atomic mass is 10.2. The molecule has 0 bridgehead atoms. The van der Waals surface area contributed by atoms with Crippen LogP contribution in [-0.4, -0.2) is 55.4 Å². The molecule has 1 unspecified atom stereocenters. The number of carboxylic acids is 1. The summed E-state index contributed by atoms with van der Waals surface area (Å²) in [5.41, 5.74) is 0. The molecule has 0 aromatic heterocycles. The third-order valence-electron chi connectivity index (χ3n) is 2.56. The van der Waals surface area contributed by atoms with E-state index in [1.165, 1.54) is 4.90 Å². The van der Waals surface area contributed by atoms with E-state index in [0.29, 0.717) is 19.6 Å². The van der Waals surface area contributed by atoms with E-state index in [9.17, 15) is 9.59 Å². The van der Waals surface area contributed by atoms with Crippen molar-refractivity contribution in [2.45, 2.75) is 38.6 Å². The highest BCUT2D eigenvalue weighted by molar-refractivity contribution is 5.74. The molecule has 106 valence electrons. The molecule has 0 saturated heterocycles. The molecule has 1 atom stereocenters. The monoisotopic (exact) mass is 260 g/mol. The molecule has 2 N–H and O–H groups in total. The number of aliphatic carboxylic acids is 1. The van der Waals surface area contributed by atoms with Crippen molar-refractivity contribution in [1.29, 1.82) is 0 Å². The van der Waals surface area contributed by atoms with Gasteiger partial charge >= 0.3 is 12.0 Å². The van der Waals surface area contributed by atoms with Gasteiger partial charge in [0.15, 0.2) is 0 Å². The Balaban J connectivity index is 3.99. The van der Waals surface area contributed by atoms with E-state index in [1.807, 2.05) is 6.92 Å². The summed E-state index contributed by atoms with van der Waals surface area (Å²) in [6.07, 6.45) is 2.37. The number of hydrogen-bond donors (Lipinski definition) is 2. The van der Waals surface area contributed by atoms with E-state index in [0.717, 1.165) is 12.8 Å². The molecular weight excluding hydrogens is 236 g/mol.